The van der Waals surface area contributed by atoms with Gasteiger partial charge in [0.1, 0.15) is 11.6 Å². The van der Waals surface area contributed by atoms with Gasteiger partial charge >= 0.3 is 0 Å². The van der Waals surface area contributed by atoms with Crippen LogP contribution in [0, 0.1) is 5.82 Å². The Kier molecular flexibility index (Phi) is 6.10. The molecule has 0 unspecified atom stereocenters. The minimum absolute atomic E-state index is 0.0142. The highest BCUT2D eigenvalue weighted by Crippen LogP contribution is 2.25. The van der Waals surface area contributed by atoms with Gasteiger partial charge in [0.2, 0.25) is 0 Å². The zero-order chi connectivity index (χ0) is 20.1. The summed E-state index contributed by atoms with van der Waals surface area (Å²) in [6.07, 6.45) is 4.90. The summed E-state index contributed by atoms with van der Waals surface area (Å²) < 4.78 is 20.4. The average molecular weight is 398 g/mol. The molecular weight excluding hydrogens is 379 g/mol. The van der Waals surface area contributed by atoms with Crippen LogP contribution in [0.25, 0.3) is 10.8 Å². The van der Waals surface area contributed by atoms with E-state index in [0.29, 0.717) is 27.1 Å². The number of nitrogens with two attached hydrogens (primary N) is 1. The van der Waals surface area contributed by atoms with Crippen molar-refractivity contribution in [2.24, 2.45) is 10.7 Å². The molecule has 1 aromatic heterocycles. The van der Waals surface area contributed by atoms with Gasteiger partial charge in [-0.2, -0.15) is 5.10 Å². The maximum absolute atomic E-state index is 14.1. The Hall–Kier alpha value is -3.13. The first-order valence-corrected chi connectivity index (χ1v) is 9.21. The van der Waals surface area contributed by atoms with E-state index in [0.717, 1.165) is 4.90 Å². The van der Waals surface area contributed by atoms with Crippen molar-refractivity contribution >= 4 is 28.7 Å². The second kappa shape index (κ2) is 8.71. The van der Waals surface area contributed by atoms with Crippen LogP contribution < -0.4 is 16.0 Å². The third kappa shape index (κ3) is 4.40. The third-order valence-electron chi connectivity index (χ3n) is 4.02. The lowest BCUT2D eigenvalue weighted by molar-refractivity contribution is 0.412. The summed E-state index contributed by atoms with van der Waals surface area (Å²) in [6.45, 7) is 0.0142. The molecule has 0 saturated heterocycles. The van der Waals surface area contributed by atoms with Gasteiger partial charge in [0.25, 0.3) is 5.56 Å². The molecule has 0 saturated carbocycles. The fourth-order valence-corrected chi connectivity index (χ4v) is 3.34. The number of aromatic nitrogens is 2. The van der Waals surface area contributed by atoms with Gasteiger partial charge < -0.3 is 10.5 Å². The number of halogens is 1. The van der Waals surface area contributed by atoms with Crippen LogP contribution in [-0.2, 0) is 6.54 Å². The molecule has 0 amide bonds. The zero-order valence-corrected chi connectivity index (χ0v) is 16.2. The third-order valence-corrected chi connectivity index (χ3v) is 4.88. The highest BCUT2D eigenvalue weighted by molar-refractivity contribution is 8.03. The molecule has 1 heterocycles. The standard InChI is InChI=1S/C20H19FN4O2S/c1-23-8-7-19(22)28-16-4-5-17-13(10-16)11-24-25(20(17)26)12-14-9-15(27-2)3-6-18(14)21/h3-11H,12,22H2,1-2H3. The van der Waals surface area contributed by atoms with E-state index in [4.69, 9.17) is 10.5 Å². The van der Waals surface area contributed by atoms with E-state index in [1.54, 1.807) is 37.7 Å². The normalized spacial score (nSPS) is 12.0. The molecule has 0 radical (unpaired) electrons. The van der Waals surface area contributed by atoms with Gasteiger partial charge in [-0.1, -0.05) is 11.8 Å². The maximum atomic E-state index is 14.1. The number of aliphatic imine (C=N–C) groups is 1. The van der Waals surface area contributed by atoms with Crippen molar-refractivity contribution in [2.75, 3.05) is 14.2 Å². The zero-order valence-electron chi connectivity index (χ0n) is 15.4. The Morgan fingerprint density at radius 2 is 2.18 bits per heavy atom. The molecule has 0 atom stereocenters. The van der Waals surface area contributed by atoms with Crippen LogP contribution in [0.3, 0.4) is 0 Å². The summed E-state index contributed by atoms with van der Waals surface area (Å²) in [4.78, 5) is 17.5. The van der Waals surface area contributed by atoms with Crippen molar-refractivity contribution in [1.29, 1.82) is 0 Å². The van der Waals surface area contributed by atoms with Crippen molar-refractivity contribution in [3.8, 4) is 5.75 Å². The van der Waals surface area contributed by atoms with E-state index in [1.807, 2.05) is 12.1 Å². The molecule has 0 spiro atoms. The monoisotopic (exact) mass is 398 g/mol. The first-order valence-electron chi connectivity index (χ1n) is 8.40. The van der Waals surface area contributed by atoms with E-state index in [-0.39, 0.29) is 12.1 Å². The average Bonchev–Trinajstić information content (AvgIpc) is 2.70. The predicted molar refractivity (Wildman–Crippen MR) is 111 cm³/mol. The topological polar surface area (TPSA) is 82.5 Å². The van der Waals surface area contributed by atoms with Crippen LogP contribution in [-0.4, -0.2) is 30.2 Å². The van der Waals surface area contributed by atoms with Crippen LogP contribution in [0.2, 0.25) is 0 Å². The van der Waals surface area contributed by atoms with Gasteiger partial charge in [0.05, 0.1) is 30.3 Å². The summed E-state index contributed by atoms with van der Waals surface area (Å²) >= 11 is 1.36. The number of ether oxygens (including phenoxy) is 1. The number of thioether (sulfide) groups is 1. The minimum atomic E-state index is -0.417. The molecule has 3 aromatic rings. The van der Waals surface area contributed by atoms with Crippen molar-refractivity contribution in [3.63, 3.8) is 0 Å². The van der Waals surface area contributed by atoms with Crippen LogP contribution in [0.5, 0.6) is 5.75 Å². The number of rotatable bonds is 6. The quantitative estimate of drug-likeness (QED) is 0.509. The van der Waals surface area contributed by atoms with Crippen LogP contribution >= 0.6 is 11.8 Å². The van der Waals surface area contributed by atoms with Crippen LogP contribution in [0.15, 0.2) is 68.4 Å². The Morgan fingerprint density at radius 3 is 2.93 bits per heavy atom. The van der Waals surface area contributed by atoms with Gasteiger partial charge in [-0.05, 0) is 42.5 Å². The van der Waals surface area contributed by atoms with Gasteiger partial charge in [-0.25, -0.2) is 9.07 Å². The molecule has 2 aromatic carbocycles. The van der Waals surface area contributed by atoms with E-state index >= 15 is 0 Å². The largest absolute Gasteiger partial charge is 0.497 e. The SMILES string of the molecule is CN=CC=C(N)Sc1ccc2c(=O)n(Cc3cc(OC)ccc3F)ncc2c1. The second-order valence-corrected chi connectivity index (χ2v) is 7.04. The second-order valence-electron chi connectivity index (χ2n) is 5.89. The Labute approximate surface area is 165 Å². The van der Waals surface area contributed by atoms with Gasteiger partial charge in [-0.15, -0.1) is 0 Å². The van der Waals surface area contributed by atoms with Crippen LogP contribution in [0.4, 0.5) is 4.39 Å². The van der Waals surface area contributed by atoms with E-state index in [2.05, 4.69) is 10.1 Å². The first-order chi connectivity index (χ1) is 13.5. The molecule has 2 N–H and O–H groups in total. The van der Waals surface area contributed by atoms with Gasteiger partial charge in [0.15, 0.2) is 0 Å². The lowest BCUT2D eigenvalue weighted by Gasteiger charge is -2.09. The number of hydrogen-bond donors (Lipinski definition) is 1. The Bertz CT molecular complexity index is 1120. The number of benzene rings is 2. The fraction of sp³-hybridized carbons (Fsp3) is 0.150. The predicted octanol–water partition coefficient (Wildman–Crippen LogP) is 3.19. The molecule has 144 valence electrons. The van der Waals surface area contributed by atoms with E-state index < -0.39 is 5.82 Å². The number of methoxy groups -OCH3 is 1. The molecule has 8 heteroatoms. The lowest BCUT2D eigenvalue weighted by Crippen LogP contribution is -2.23. The molecule has 0 aliphatic heterocycles. The highest BCUT2D eigenvalue weighted by Gasteiger charge is 2.10. The van der Waals surface area contributed by atoms with E-state index in [1.165, 1.54) is 35.7 Å². The van der Waals surface area contributed by atoms with Crippen molar-refractivity contribution in [1.82, 2.24) is 9.78 Å². The first kappa shape index (κ1) is 19.6. The van der Waals surface area contributed by atoms with Crippen molar-refractivity contribution in [2.45, 2.75) is 11.4 Å². The molecule has 6 nitrogen and oxygen atoms in total. The van der Waals surface area contributed by atoms with Gasteiger partial charge in [0, 0.05) is 29.1 Å². The van der Waals surface area contributed by atoms with Crippen LogP contribution in [0.1, 0.15) is 5.56 Å². The molecule has 28 heavy (non-hydrogen) atoms. The lowest BCUT2D eigenvalue weighted by atomic mass is 10.2. The molecule has 0 aliphatic rings. The molecule has 3 rings (SSSR count). The van der Waals surface area contributed by atoms with E-state index in [9.17, 15) is 9.18 Å². The highest BCUT2D eigenvalue weighted by atomic mass is 32.2. The number of fused-ring (bicyclic) bond motifs is 1. The Balaban J connectivity index is 1.92. The Morgan fingerprint density at radius 1 is 1.36 bits per heavy atom. The number of nitrogens with zero attached hydrogens (tertiary/aromatic N) is 3. The molecular formula is C20H19FN4O2S. The molecule has 0 bridgehead atoms. The van der Waals surface area contributed by atoms with Crippen molar-refractivity contribution in [3.05, 3.63) is 75.4 Å². The van der Waals surface area contributed by atoms with Gasteiger partial charge in [-0.3, -0.25) is 9.79 Å². The smallest absolute Gasteiger partial charge is 0.274 e. The summed E-state index contributed by atoms with van der Waals surface area (Å²) in [5.41, 5.74) is 5.96. The summed E-state index contributed by atoms with van der Waals surface area (Å²) in [6, 6.07) is 9.78. The fourth-order valence-electron chi connectivity index (χ4n) is 2.62. The molecule has 0 fully saturated rings. The minimum Gasteiger partial charge on any atom is -0.497 e. The number of hydrogen-bond acceptors (Lipinski definition) is 6. The maximum Gasteiger partial charge on any atom is 0.274 e. The summed E-state index contributed by atoms with van der Waals surface area (Å²) in [5, 5.41) is 5.96. The summed E-state index contributed by atoms with van der Waals surface area (Å²) in [7, 11) is 3.17. The number of allylic oxidation sites excluding steroid dienone is 1. The van der Waals surface area contributed by atoms with Crippen molar-refractivity contribution < 1.29 is 9.13 Å². The molecule has 0 aliphatic carbocycles. The summed E-state index contributed by atoms with van der Waals surface area (Å²) in [5.74, 6) is 0.102.